The molecule has 6 nitrogen and oxygen atoms in total. The zero-order chi connectivity index (χ0) is 22.8. The van der Waals surface area contributed by atoms with Crippen LogP contribution >= 0.6 is 11.6 Å². The number of ether oxygens (including phenoxy) is 1. The Morgan fingerprint density at radius 3 is 2.55 bits per heavy atom. The molecule has 0 bridgehead atoms. The molecule has 1 heterocycles. The molecule has 1 fully saturated rings. The van der Waals surface area contributed by atoms with Crippen LogP contribution < -0.4 is 9.04 Å². The summed E-state index contributed by atoms with van der Waals surface area (Å²) in [4.78, 5) is 2.30. The third kappa shape index (κ3) is 5.71. The average Bonchev–Trinajstić information content (AvgIpc) is 2.99. The molecule has 0 radical (unpaired) electrons. The van der Waals surface area contributed by atoms with Crippen LogP contribution in [0.15, 0.2) is 48.5 Å². The topological polar surface area (TPSA) is 70.1 Å². The van der Waals surface area contributed by atoms with Crippen LogP contribution in [0.25, 0.3) is 0 Å². The highest BCUT2D eigenvalue weighted by Crippen LogP contribution is 2.42. The van der Waals surface area contributed by atoms with Crippen molar-refractivity contribution in [2.45, 2.75) is 37.8 Å². The molecule has 0 amide bonds. The van der Waals surface area contributed by atoms with E-state index in [-0.39, 0.29) is 12.1 Å². The Bertz CT molecular complexity index is 995. The van der Waals surface area contributed by atoms with Gasteiger partial charge in [0.15, 0.2) is 0 Å². The summed E-state index contributed by atoms with van der Waals surface area (Å²) >= 11 is 6.18. The first-order valence-electron chi connectivity index (χ1n) is 10.3. The van der Waals surface area contributed by atoms with E-state index in [1.165, 1.54) is 16.9 Å². The molecule has 1 aliphatic rings. The Balaban J connectivity index is 1.56. The molecule has 0 aliphatic carbocycles. The average molecular weight is 467 g/mol. The Morgan fingerprint density at radius 1 is 1.26 bits per heavy atom. The maximum absolute atomic E-state index is 11.6. The van der Waals surface area contributed by atoms with E-state index in [4.69, 9.17) is 16.3 Å². The van der Waals surface area contributed by atoms with Gasteiger partial charge in [-0.3, -0.25) is 9.21 Å². The van der Waals surface area contributed by atoms with Crippen LogP contribution in [-0.2, 0) is 10.0 Å². The van der Waals surface area contributed by atoms with E-state index in [0.29, 0.717) is 23.9 Å². The lowest BCUT2D eigenvalue weighted by Gasteiger charge is -2.37. The second-order valence-corrected chi connectivity index (χ2v) is 11.1. The lowest BCUT2D eigenvalue weighted by atomic mass is 9.82. The van der Waals surface area contributed by atoms with Gasteiger partial charge in [0.25, 0.3) is 0 Å². The SMILES string of the molecule is CN(c1ccc(OC[C@H](O)CN2CCC(c3cccc(Cl)c3)C2(C)C)cc1)S(C)(=O)=O. The van der Waals surface area contributed by atoms with Gasteiger partial charge in [0.2, 0.25) is 10.0 Å². The van der Waals surface area contributed by atoms with Crippen LogP contribution in [0, 0.1) is 0 Å². The van der Waals surface area contributed by atoms with E-state index in [2.05, 4.69) is 24.8 Å². The lowest BCUT2D eigenvalue weighted by molar-refractivity contribution is 0.0433. The number of hydrogen-bond donors (Lipinski definition) is 1. The molecule has 1 unspecified atom stereocenters. The fourth-order valence-electron chi connectivity index (χ4n) is 4.21. The number of nitrogens with zero attached hydrogens (tertiary/aromatic N) is 2. The summed E-state index contributed by atoms with van der Waals surface area (Å²) in [6.07, 6.45) is 1.52. The number of aliphatic hydroxyl groups excluding tert-OH is 1. The molecule has 0 spiro atoms. The number of halogens is 1. The van der Waals surface area contributed by atoms with Crippen molar-refractivity contribution >= 4 is 27.3 Å². The highest BCUT2D eigenvalue weighted by atomic mass is 35.5. The maximum atomic E-state index is 11.6. The van der Waals surface area contributed by atoms with E-state index >= 15 is 0 Å². The Hall–Kier alpha value is -1.80. The standard InChI is InChI=1S/C23H31ClN2O4S/c1-23(2)22(17-6-5-7-18(24)14-17)12-13-26(23)15-20(27)16-30-21-10-8-19(9-11-21)25(3)31(4,28)29/h5-11,14,20,22,27H,12-13,15-16H2,1-4H3/t20-,22?/m1/s1. The summed E-state index contributed by atoms with van der Waals surface area (Å²) in [5.41, 5.74) is 1.68. The highest BCUT2D eigenvalue weighted by Gasteiger charge is 2.42. The predicted octanol–water partition coefficient (Wildman–Crippen LogP) is 3.74. The number of sulfonamides is 1. The van der Waals surface area contributed by atoms with E-state index in [1.807, 2.05) is 18.2 Å². The first-order valence-corrected chi connectivity index (χ1v) is 12.6. The largest absolute Gasteiger partial charge is 0.491 e. The lowest BCUT2D eigenvalue weighted by Crippen LogP contribution is -2.46. The quantitative estimate of drug-likeness (QED) is 0.641. The van der Waals surface area contributed by atoms with Crippen LogP contribution in [0.1, 0.15) is 31.7 Å². The van der Waals surface area contributed by atoms with Crippen LogP contribution in [-0.4, -0.2) is 63.1 Å². The van der Waals surface area contributed by atoms with Gasteiger partial charge in [-0.15, -0.1) is 0 Å². The monoisotopic (exact) mass is 466 g/mol. The normalized spacial score (nSPS) is 19.9. The van der Waals surface area contributed by atoms with Gasteiger partial charge in [-0.1, -0.05) is 23.7 Å². The molecular formula is C23H31ClN2O4S. The number of hydrogen-bond acceptors (Lipinski definition) is 5. The van der Waals surface area contributed by atoms with Crippen molar-refractivity contribution in [1.29, 1.82) is 0 Å². The summed E-state index contributed by atoms with van der Waals surface area (Å²) in [7, 11) is -1.80. The minimum atomic E-state index is -3.31. The van der Waals surface area contributed by atoms with Gasteiger partial charge in [0.05, 0.1) is 11.9 Å². The van der Waals surface area contributed by atoms with Crippen LogP contribution in [0.4, 0.5) is 5.69 Å². The Labute approximate surface area is 190 Å². The second kappa shape index (κ2) is 9.36. The van der Waals surface area contributed by atoms with Gasteiger partial charge in [-0.25, -0.2) is 8.42 Å². The van der Waals surface area contributed by atoms with Gasteiger partial charge in [-0.2, -0.15) is 0 Å². The summed E-state index contributed by atoms with van der Waals surface area (Å²) in [6, 6.07) is 14.8. The molecular weight excluding hydrogens is 436 g/mol. The van der Waals surface area contributed by atoms with Crippen LogP contribution in [0.5, 0.6) is 5.75 Å². The molecule has 8 heteroatoms. The number of likely N-dealkylation sites (tertiary alicyclic amines) is 1. The zero-order valence-electron chi connectivity index (χ0n) is 18.5. The molecule has 2 aromatic rings. The molecule has 3 rings (SSSR count). The van der Waals surface area contributed by atoms with Crippen molar-refractivity contribution in [2.24, 2.45) is 0 Å². The van der Waals surface area contributed by atoms with E-state index < -0.39 is 16.1 Å². The first-order chi connectivity index (χ1) is 14.5. The van der Waals surface area contributed by atoms with Crippen LogP contribution in [0.2, 0.25) is 5.02 Å². The first kappa shape index (κ1) is 23.9. The Morgan fingerprint density at radius 2 is 1.94 bits per heavy atom. The van der Waals surface area contributed by atoms with Gasteiger partial charge in [0.1, 0.15) is 18.5 Å². The zero-order valence-corrected chi connectivity index (χ0v) is 20.0. The number of β-amino-alcohol motifs (C(OH)–C–C–N with tert-alkyl or cyclic N) is 1. The van der Waals surface area contributed by atoms with Gasteiger partial charge < -0.3 is 9.84 Å². The summed E-state index contributed by atoms with van der Waals surface area (Å²) in [6.45, 7) is 5.98. The highest BCUT2D eigenvalue weighted by molar-refractivity contribution is 7.92. The van der Waals surface area contributed by atoms with Gasteiger partial charge in [-0.05, 0) is 68.8 Å². The summed E-state index contributed by atoms with van der Waals surface area (Å²) in [5.74, 6) is 0.931. The molecule has 2 aromatic carbocycles. The second-order valence-electron chi connectivity index (χ2n) is 8.69. The predicted molar refractivity (Wildman–Crippen MR) is 126 cm³/mol. The van der Waals surface area contributed by atoms with Gasteiger partial charge >= 0.3 is 0 Å². The molecule has 31 heavy (non-hydrogen) atoms. The molecule has 0 aromatic heterocycles. The van der Waals surface area contributed by atoms with E-state index in [0.717, 1.165) is 24.2 Å². The van der Waals surface area contributed by atoms with Crippen LogP contribution in [0.3, 0.4) is 0 Å². The Kier molecular flexibility index (Phi) is 7.21. The maximum Gasteiger partial charge on any atom is 0.231 e. The third-order valence-corrected chi connectivity index (χ3v) is 7.62. The molecule has 1 N–H and O–H groups in total. The number of aliphatic hydroxyl groups is 1. The molecule has 1 aliphatic heterocycles. The van der Waals surface area contributed by atoms with Crippen molar-refractivity contribution in [3.63, 3.8) is 0 Å². The number of benzene rings is 2. The minimum absolute atomic E-state index is 0.108. The van der Waals surface area contributed by atoms with Crippen molar-refractivity contribution < 1.29 is 18.3 Å². The third-order valence-electron chi connectivity index (χ3n) is 6.18. The van der Waals surface area contributed by atoms with Crippen molar-refractivity contribution in [1.82, 2.24) is 4.90 Å². The summed E-state index contributed by atoms with van der Waals surface area (Å²) < 4.78 is 30.2. The van der Waals surface area contributed by atoms with Crippen molar-refractivity contribution in [3.8, 4) is 5.75 Å². The molecule has 1 saturated heterocycles. The van der Waals surface area contributed by atoms with Crippen molar-refractivity contribution in [2.75, 3.05) is 37.3 Å². The number of anilines is 1. The minimum Gasteiger partial charge on any atom is -0.491 e. The molecule has 2 atom stereocenters. The van der Waals surface area contributed by atoms with E-state index in [1.54, 1.807) is 24.3 Å². The summed E-state index contributed by atoms with van der Waals surface area (Å²) in [5, 5.41) is 11.3. The smallest absolute Gasteiger partial charge is 0.231 e. The number of rotatable bonds is 8. The van der Waals surface area contributed by atoms with E-state index in [9.17, 15) is 13.5 Å². The fourth-order valence-corrected chi connectivity index (χ4v) is 4.92. The fraction of sp³-hybridized carbons (Fsp3) is 0.478. The molecule has 170 valence electrons. The van der Waals surface area contributed by atoms with Gasteiger partial charge in [0, 0.05) is 30.1 Å². The van der Waals surface area contributed by atoms with Crippen molar-refractivity contribution in [3.05, 3.63) is 59.1 Å². The molecule has 0 saturated carbocycles.